The van der Waals surface area contributed by atoms with Crippen LogP contribution in [0.5, 0.6) is 0 Å². The van der Waals surface area contributed by atoms with Crippen molar-refractivity contribution in [3.05, 3.63) is 29.1 Å². The molecule has 0 bridgehead atoms. The summed E-state index contributed by atoms with van der Waals surface area (Å²) in [6.45, 7) is 3.27. The van der Waals surface area contributed by atoms with E-state index in [9.17, 15) is 4.79 Å². The van der Waals surface area contributed by atoms with Crippen LogP contribution in [0, 0.1) is 0 Å². The molecule has 114 valence electrons. The number of pyridine rings is 1. The van der Waals surface area contributed by atoms with E-state index < -0.39 is 0 Å². The van der Waals surface area contributed by atoms with Gasteiger partial charge in [0, 0.05) is 12.5 Å². The van der Waals surface area contributed by atoms with Gasteiger partial charge in [0.15, 0.2) is 5.96 Å². The number of aliphatic imine (C=N–C) groups is 1. The summed E-state index contributed by atoms with van der Waals surface area (Å²) in [5, 5.41) is 3.02. The highest BCUT2D eigenvalue weighted by Gasteiger charge is 2.30. The summed E-state index contributed by atoms with van der Waals surface area (Å²) in [6, 6.07) is 3.57. The Morgan fingerprint density at radius 1 is 1.52 bits per heavy atom. The Kier molecular flexibility index (Phi) is 5.14. The molecule has 1 aromatic rings. The van der Waals surface area contributed by atoms with Crippen molar-refractivity contribution in [1.82, 2.24) is 10.3 Å². The Labute approximate surface area is 124 Å². The molecule has 21 heavy (non-hydrogen) atoms. The van der Waals surface area contributed by atoms with Crippen molar-refractivity contribution in [2.75, 3.05) is 13.7 Å². The molecule has 1 fully saturated rings. The maximum absolute atomic E-state index is 11.7. The quantitative estimate of drug-likeness (QED) is 0.471. The Hall–Kier alpha value is -2.11. The Bertz CT molecular complexity index is 538. The lowest BCUT2D eigenvalue weighted by molar-refractivity contribution is 0.0598. The largest absolute Gasteiger partial charge is 0.465 e. The molecule has 1 saturated carbocycles. The predicted octanol–water partition coefficient (Wildman–Crippen LogP) is 1.56. The number of ether oxygens (including phenoxy) is 1. The SMILES string of the molecule is CCCNC(N)=NCc1ccc(C(=O)OC)c(C2CC2)n1. The van der Waals surface area contributed by atoms with Gasteiger partial charge in [-0.25, -0.2) is 9.79 Å². The normalized spacial score (nSPS) is 14.9. The van der Waals surface area contributed by atoms with Crippen LogP contribution in [0.2, 0.25) is 0 Å². The molecule has 0 radical (unpaired) electrons. The van der Waals surface area contributed by atoms with Gasteiger partial charge in [0.25, 0.3) is 0 Å². The van der Waals surface area contributed by atoms with Gasteiger partial charge in [-0.05, 0) is 31.4 Å². The molecule has 1 aromatic heterocycles. The van der Waals surface area contributed by atoms with Gasteiger partial charge in [0.2, 0.25) is 0 Å². The third kappa shape index (κ3) is 4.18. The van der Waals surface area contributed by atoms with Crippen molar-refractivity contribution >= 4 is 11.9 Å². The lowest BCUT2D eigenvalue weighted by Crippen LogP contribution is -2.32. The van der Waals surface area contributed by atoms with Crippen LogP contribution in [-0.4, -0.2) is 30.6 Å². The molecule has 0 spiro atoms. The number of nitrogens with one attached hydrogen (secondary N) is 1. The summed E-state index contributed by atoms with van der Waals surface area (Å²) >= 11 is 0. The third-order valence-corrected chi connectivity index (χ3v) is 3.32. The average molecular weight is 290 g/mol. The van der Waals surface area contributed by atoms with E-state index in [1.54, 1.807) is 12.1 Å². The minimum Gasteiger partial charge on any atom is -0.465 e. The number of rotatable bonds is 6. The third-order valence-electron chi connectivity index (χ3n) is 3.32. The van der Waals surface area contributed by atoms with Gasteiger partial charge in [-0.3, -0.25) is 4.98 Å². The maximum atomic E-state index is 11.7. The fourth-order valence-electron chi connectivity index (χ4n) is 2.03. The molecule has 2 rings (SSSR count). The summed E-state index contributed by atoms with van der Waals surface area (Å²) in [5.74, 6) is 0.464. The lowest BCUT2D eigenvalue weighted by atomic mass is 10.1. The van der Waals surface area contributed by atoms with E-state index in [2.05, 4.69) is 22.2 Å². The van der Waals surface area contributed by atoms with E-state index in [4.69, 9.17) is 10.5 Å². The summed E-state index contributed by atoms with van der Waals surface area (Å²) in [7, 11) is 1.39. The van der Waals surface area contributed by atoms with Gasteiger partial charge in [0.05, 0.1) is 30.6 Å². The number of nitrogens with two attached hydrogens (primary N) is 1. The number of carbonyl (C=O) groups excluding carboxylic acids is 1. The second-order valence-electron chi connectivity index (χ2n) is 5.13. The van der Waals surface area contributed by atoms with Crippen molar-refractivity contribution in [2.45, 2.75) is 38.6 Å². The molecule has 3 N–H and O–H groups in total. The molecular weight excluding hydrogens is 268 g/mol. The second kappa shape index (κ2) is 7.06. The smallest absolute Gasteiger partial charge is 0.339 e. The number of nitrogens with zero attached hydrogens (tertiary/aromatic N) is 2. The summed E-state index contributed by atoms with van der Waals surface area (Å²) in [4.78, 5) is 20.6. The monoisotopic (exact) mass is 290 g/mol. The topological polar surface area (TPSA) is 89.6 Å². The molecule has 1 heterocycles. The molecule has 0 aliphatic heterocycles. The zero-order valence-electron chi connectivity index (χ0n) is 12.6. The minimum absolute atomic E-state index is 0.330. The summed E-state index contributed by atoms with van der Waals surface area (Å²) < 4.78 is 4.80. The van der Waals surface area contributed by atoms with Gasteiger partial charge in [-0.15, -0.1) is 0 Å². The fraction of sp³-hybridized carbons (Fsp3) is 0.533. The van der Waals surface area contributed by atoms with E-state index in [-0.39, 0.29) is 5.97 Å². The van der Waals surface area contributed by atoms with E-state index in [1.165, 1.54) is 7.11 Å². The molecule has 0 aromatic carbocycles. The van der Waals surface area contributed by atoms with E-state index in [0.29, 0.717) is 24.0 Å². The molecular formula is C15H22N4O2. The van der Waals surface area contributed by atoms with Gasteiger partial charge in [-0.2, -0.15) is 0 Å². The number of guanidine groups is 1. The first-order valence-electron chi connectivity index (χ1n) is 7.27. The van der Waals surface area contributed by atoms with Crippen LogP contribution in [0.25, 0.3) is 0 Å². The number of hydrogen-bond acceptors (Lipinski definition) is 4. The van der Waals surface area contributed by atoms with Crippen LogP contribution in [0.4, 0.5) is 0 Å². The van der Waals surface area contributed by atoms with Crippen molar-refractivity contribution < 1.29 is 9.53 Å². The standard InChI is InChI=1S/C15H22N4O2/c1-3-8-17-15(16)18-9-11-6-7-12(14(20)21-2)13(19-11)10-4-5-10/h6-7,10H,3-5,8-9H2,1-2H3,(H3,16,17,18). The predicted molar refractivity (Wildman–Crippen MR) is 81.2 cm³/mol. The average Bonchev–Trinajstić information content (AvgIpc) is 3.34. The number of hydrogen-bond donors (Lipinski definition) is 2. The summed E-state index contributed by atoms with van der Waals surface area (Å²) in [6.07, 6.45) is 3.14. The number of carbonyl (C=O) groups is 1. The molecule has 1 aliphatic rings. The van der Waals surface area contributed by atoms with Gasteiger partial charge in [0.1, 0.15) is 0 Å². The Morgan fingerprint density at radius 2 is 2.29 bits per heavy atom. The molecule has 0 amide bonds. The maximum Gasteiger partial charge on any atom is 0.339 e. The van der Waals surface area contributed by atoms with Crippen LogP contribution >= 0.6 is 0 Å². The zero-order chi connectivity index (χ0) is 15.2. The van der Waals surface area contributed by atoms with Crippen LogP contribution in [0.1, 0.15) is 53.8 Å². The van der Waals surface area contributed by atoms with E-state index in [1.807, 2.05) is 0 Å². The van der Waals surface area contributed by atoms with Gasteiger partial charge in [-0.1, -0.05) is 6.92 Å². The highest BCUT2D eigenvalue weighted by Crippen LogP contribution is 2.40. The second-order valence-corrected chi connectivity index (χ2v) is 5.13. The van der Waals surface area contributed by atoms with Gasteiger partial charge < -0.3 is 15.8 Å². The first-order chi connectivity index (χ1) is 10.2. The highest BCUT2D eigenvalue weighted by atomic mass is 16.5. The van der Waals surface area contributed by atoms with Crippen LogP contribution in [-0.2, 0) is 11.3 Å². The molecule has 6 heteroatoms. The summed E-state index contributed by atoms with van der Waals surface area (Å²) in [5.41, 5.74) is 7.95. The van der Waals surface area contributed by atoms with E-state index in [0.717, 1.165) is 37.2 Å². The van der Waals surface area contributed by atoms with Crippen LogP contribution in [0.15, 0.2) is 17.1 Å². The Morgan fingerprint density at radius 3 is 2.90 bits per heavy atom. The van der Waals surface area contributed by atoms with Crippen molar-refractivity contribution in [1.29, 1.82) is 0 Å². The number of aromatic nitrogens is 1. The van der Waals surface area contributed by atoms with Crippen molar-refractivity contribution in [3.8, 4) is 0 Å². The molecule has 0 unspecified atom stereocenters. The van der Waals surface area contributed by atoms with Crippen LogP contribution < -0.4 is 11.1 Å². The van der Waals surface area contributed by atoms with Crippen molar-refractivity contribution in [3.63, 3.8) is 0 Å². The van der Waals surface area contributed by atoms with E-state index >= 15 is 0 Å². The molecule has 6 nitrogen and oxygen atoms in total. The molecule has 0 saturated heterocycles. The first-order valence-corrected chi connectivity index (χ1v) is 7.27. The minimum atomic E-state index is -0.330. The number of esters is 1. The fourth-order valence-corrected chi connectivity index (χ4v) is 2.03. The highest BCUT2D eigenvalue weighted by molar-refractivity contribution is 5.90. The van der Waals surface area contributed by atoms with Crippen molar-refractivity contribution in [2.24, 2.45) is 10.7 Å². The zero-order valence-corrected chi connectivity index (χ0v) is 12.6. The number of methoxy groups -OCH3 is 1. The lowest BCUT2D eigenvalue weighted by Gasteiger charge is -2.08. The molecule has 1 aliphatic carbocycles. The van der Waals surface area contributed by atoms with Crippen LogP contribution in [0.3, 0.4) is 0 Å². The molecule has 0 atom stereocenters. The first kappa shape index (κ1) is 15.3. The van der Waals surface area contributed by atoms with Gasteiger partial charge >= 0.3 is 5.97 Å². The Balaban J connectivity index is 2.11.